The summed E-state index contributed by atoms with van der Waals surface area (Å²) in [5.74, 6) is -0.579. The van der Waals surface area contributed by atoms with Gasteiger partial charge in [-0.05, 0) is 30.0 Å². The van der Waals surface area contributed by atoms with Crippen LogP contribution in [0, 0.1) is 0 Å². The predicted molar refractivity (Wildman–Crippen MR) is 101 cm³/mol. The molecular formula is C20H20N2O4S. The van der Waals surface area contributed by atoms with E-state index < -0.39 is 12.1 Å². The summed E-state index contributed by atoms with van der Waals surface area (Å²) in [6.07, 6.45) is 0.840. The number of rotatable bonds is 5. The number of likely N-dealkylation sites (tertiary alicyclic amines) is 1. The van der Waals surface area contributed by atoms with Gasteiger partial charge in [0.05, 0.1) is 6.10 Å². The highest BCUT2D eigenvalue weighted by Crippen LogP contribution is 2.28. The third-order valence-corrected chi connectivity index (χ3v) is 5.92. The SMILES string of the molecule is O=C(NC(Cc1cccs1)C(=O)N1CCC2OCC(=O)C21)c1ccccc1. The van der Waals surface area contributed by atoms with Gasteiger partial charge in [0.1, 0.15) is 18.7 Å². The topological polar surface area (TPSA) is 75.7 Å². The number of hydrogen-bond donors (Lipinski definition) is 1. The van der Waals surface area contributed by atoms with E-state index in [4.69, 9.17) is 4.74 Å². The lowest BCUT2D eigenvalue weighted by Crippen LogP contribution is -2.53. The third kappa shape index (κ3) is 3.65. The lowest BCUT2D eigenvalue weighted by atomic mass is 10.1. The zero-order valence-electron chi connectivity index (χ0n) is 14.7. The molecule has 2 aliphatic heterocycles. The first-order valence-electron chi connectivity index (χ1n) is 8.96. The van der Waals surface area contributed by atoms with Gasteiger partial charge in [0.15, 0.2) is 5.78 Å². The molecule has 1 aromatic carbocycles. The van der Waals surface area contributed by atoms with E-state index in [1.165, 1.54) is 0 Å². The van der Waals surface area contributed by atoms with Crippen LogP contribution in [0.5, 0.6) is 0 Å². The number of hydrogen-bond acceptors (Lipinski definition) is 5. The van der Waals surface area contributed by atoms with Crippen molar-refractivity contribution in [1.29, 1.82) is 0 Å². The molecule has 3 heterocycles. The summed E-state index contributed by atoms with van der Waals surface area (Å²) in [6, 6.07) is 11.4. The summed E-state index contributed by atoms with van der Waals surface area (Å²) in [5.41, 5.74) is 0.501. The van der Waals surface area contributed by atoms with Gasteiger partial charge in [-0.15, -0.1) is 11.3 Å². The Morgan fingerprint density at radius 1 is 1.22 bits per heavy atom. The van der Waals surface area contributed by atoms with E-state index in [1.807, 2.05) is 23.6 Å². The molecule has 1 aromatic heterocycles. The number of ether oxygens (including phenoxy) is 1. The predicted octanol–water partition coefficient (Wildman–Crippen LogP) is 1.66. The van der Waals surface area contributed by atoms with Crippen LogP contribution in [0.15, 0.2) is 47.8 Å². The van der Waals surface area contributed by atoms with Crippen LogP contribution in [0.2, 0.25) is 0 Å². The first-order valence-corrected chi connectivity index (χ1v) is 9.84. The first-order chi connectivity index (χ1) is 13.1. The summed E-state index contributed by atoms with van der Waals surface area (Å²) in [4.78, 5) is 40.6. The molecule has 6 nitrogen and oxygen atoms in total. The summed E-state index contributed by atoms with van der Waals surface area (Å²) in [5, 5.41) is 4.81. The zero-order valence-corrected chi connectivity index (χ0v) is 15.5. The monoisotopic (exact) mass is 384 g/mol. The van der Waals surface area contributed by atoms with Gasteiger partial charge >= 0.3 is 0 Å². The summed E-state index contributed by atoms with van der Waals surface area (Å²) < 4.78 is 5.48. The molecule has 2 aromatic rings. The number of amides is 2. The molecular weight excluding hydrogens is 364 g/mol. The number of Topliss-reactive ketones (excluding diaryl/α,β-unsaturated/α-hetero) is 1. The van der Waals surface area contributed by atoms with Crippen molar-refractivity contribution < 1.29 is 19.1 Å². The van der Waals surface area contributed by atoms with Gasteiger partial charge in [-0.2, -0.15) is 0 Å². The lowest BCUT2D eigenvalue weighted by molar-refractivity contribution is -0.138. The molecule has 0 saturated carbocycles. The second-order valence-corrected chi connectivity index (χ2v) is 7.79. The van der Waals surface area contributed by atoms with Crippen LogP contribution in [0.1, 0.15) is 21.7 Å². The highest BCUT2D eigenvalue weighted by molar-refractivity contribution is 7.09. The number of benzene rings is 1. The first kappa shape index (κ1) is 17.9. The van der Waals surface area contributed by atoms with Crippen LogP contribution in [0.3, 0.4) is 0 Å². The maximum Gasteiger partial charge on any atom is 0.251 e. The Morgan fingerprint density at radius 2 is 2.04 bits per heavy atom. The molecule has 2 saturated heterocycles. The highest BCUT2D eigenvalue weighted by atomic mass is 32.1. The van der Waals surface area contributed by atoms with Crippen molar-refractivity contribution >= 4 is 28.9 Å². The Bertz CT molecular complexity index is 837. The summed E-state index contributed by atoms with van der Waals surface area (Å²) in [7, 11) is 0. The van der Waals surface area contributed by atoms with Gasteiger partial charge in [0, 0.05) is 23.4 Å². The summed E-state index contributed by atoms with van der Waals surface area (Å²) in [6.45, 7) is 0.535. The van der Waals surface area contributed by atoms with Crippen LogP contribution in [-0.4, -0.2) is 53.8 Å². The molecule has 3 unspecified atom stereocenters. The minimum Gasteiger partial charge on any atom is -0.368 e. The highest BCUT2D eigenvalue weighted by Gasteiger charge is 2.48. The normalized spacial score (nSPS) is 22.5. The van der Waals surface area contributed by atoms with Crippen LogP contribution >= 0.6 is 11.3 Å². The second-order valence-electron chi connectivity index (χ2n) is 6.76. The van der Waals surface area contributed by atoms with Crippen molar-refractivity contribution in [3.05, 3.63) is 58.3 Å². The second kappa shape index (κ2) is 7.62. The maximum atomic E-state index is 13.2. The number of nitrogens with zero attached hydrogens (tertiary/aromatic N) is 1. The molecule has 2 amide bonds. The van der Waals surface area contributed by atoms with Crippen molar-refractivity contribution in [2.24, 2.45) is 0 Å². The van der Waals surface area contributed by atoms with Crippen molar-refractivity contribution in [3.63, 3.8) is 0 Å². The number of fused-ring (bicyclic) bond motifs is 1. The Hall–Kier alpha value is -2.51. The molecule has 7 heteroatoms. The molecule has 3 atom stereocenters. The smallest absolute Gasteiger partial charge is 0.251 e. The molecule has 27 heavy (non-hydrogen) atoms. The molecule has 2 fully saturated rings. The van der Waals surface area contributed by atoms with Crippen LogP contribution in [0.25, 0.3) is 0 Å². The van der Waals surface area contributed by atoms with Gasteiger partial charge < -0.3 is 15.0 Å². The standard InChI is InChI=1S/C20H20N2O4S/c23-16-12-26-17-8-9-22(18(16)17)20(25)15(11-14-7-4-10-27-14)21-19(24)13-5-2-1-3-6-13/h1-7,10,15,17-18H,8-9,11-12H2,(H,21,24). The lowest BCUT2D eigenvalue weighted by Gasteiger charge is -2.27. The van der Waals surface area contributed by atoms with E-state index in [0.29, 0.717) is 24.9 Å². The number of ketones is 1. The molecule has 2 aliphatic rings. The minimum atomic E-state index is -0.719. The van der Waals surface area contributed by atoms with E-state index in [2.05, 4.69) is 5.32 Å². The Morgan fingerprint density at radius 3 is 2.78 bits per heavy atom. The Labute approximate surface area is 161 Å². The molecule has 1 N–H and O–H groups in total. The van der Waals surface area contributed by atoms with E-state index in [0.717, 1.165) is 4.88 Å². The number of carbonyl (C=O) groups is 3. The zero-order chi connectivity index (χ0) is 18.8. The quantitative estimate of drug-likeness (QED) is 0.851. The minimum absolute atomic E-state index is 0.0601. The van der Waals surface area contributed by atoms with E-state index in [9.17, 15) is 14.4 Å². The largest absolute Gasteiger partial charge is 0.368 e. The molecule has 0 radical (unpaired) electrons. The Kier molecular flexibility index (Phi) is 5.05. The molecule has 0 bridgehead atoms. The van der Waals surface area contributed by atoms with Crippen molar-refractivity contribution in [3.8, 4) is 0 Å². The third-order valence-electron chi connectivity index (χ3n) is 5.02. The number of carbonyl (C=O) groups excluding carboxylic acids is 3. The van der Waals surface area contributed by atoms with Gasteiger partial charge in [0.25, 0.3) is 5.91 Å². The van der Waals surface area contributed by atoms with Crippen molar-refractivity contribution in [1.82, 2.24) is 10.2 Å². The van der Waals surface area contributed by atoms with Crippen LogP contribution in [0.4, 0.5) is 0 Å². The number of thiophene rings is 1. The molecule has 0 aliphatic carbocycles. The van der Waals surface area contributed by atoms with Gasteiger partial charge in [-0.1, -0.05) is 24.3 Å². The van der Waals surface area contributed by atoms with Crippen LogP contribution < -0.4 is 5.32 Å². The van der Waals surface area contributed by atoms with E-state index >= 15 is 0 Å². The van der Waals surface area contributed by atoms with Crippen molar-refractivity contribution in [2.45, 2.75) is 31.0 Å². The van der Waals surface area contributed by atoms with E-state index in [1.54, 1.807) is 40.5 Å². The fourth-order valence-corrected chi connectivity index (χ4v) is 4.45. The Balaban J connectivity index is 1.55. The molecule has 4 rings (SSSR count). The van der Waals surface area contributed by atoms with E-state index in [-0.39, 0.29) is 30.3 Å². The fraction of sp³-hybridized carbons (Fsp3) is 0.350. The molecule has 140 valence electrons. The van der Waals surface area contributed by atoms with Gasteiger partial charge in [-0.3, -0.25) is 14.4 Å². The number of nitrogens with one attached hydrogen (secondary N) is 1. The van der Waals surface area contributed by atoms with Gasteiger partial charge in [-0.25, -0.2) is 0 Å². The fourth-order valence-electron chi connectivity index (χ4n) is 3.70. The maximum absolute atomic E-state index is 13.2. The average Bonchev–Trinajstić information content (AvgIpc) is 3.41. The van der Waals surface area contributed by atoms with Gasteiger partial charge in [0.2, 0.25) is 5.91 Å². The van der Waals surface area contributed by atoms with Crippen LogP contribution in [-0.2, 0) is 20.7 Å². The molecule has 0 spiro atoms. The average molecular weight is 384 g/mol. The summed E-state index contributed by atoms with van der Waals surface area (Å²) >= 11 is 1.54. The van der Waals surface area contributed by atoms with Crippen molar-refractivity contribution in [2.75, 3.05) is 13.2 Å².